The second-order valence-corrected chi connectivity index (χ2v) is 2.98. The summed E-state index contributed by atoms with van der Waals surface area (Å²) in [7, 11) is 2.86. The van der Waals surface area contributed by atoms with E-state index in [0.717, 1.165) is 0 Å². The minimum Gasteiger partial charge on any atom is -0.750 e. The van der Waals surface area contributed by atoms with Gasteiger partial charge in [-0.3, -0.25) is 4.18 Å². The molecule has 0 N–H and O–H groups in total. The van der Waals surface area contributed by atoms with Gasteiger partial charge in [0.15, 0.2) is 5.82 Å². The molecule has 1 aromatic rings. The van der Waals surface area contributed by atoms with Gasteiger partial charge in [-0.1, -0.05) is 0 Å². The van der Waals surface area contributed by atoms with Gasteiger partial charge >= 0.3 is 0 Å². The molecular weight excluding hydrogens is 224 g/mol. The number of hydrogen-bond acceptors (Lipinski definition) is 7. The largest absolute Gasteiger partial charge is 0.750 e. The molecule has 1 heterocycles. The molecule has 0 aliphatic rings. The van der Waals surface area contributed by atoms with Gasteiger partial charge in [0.05, 0.1) is 31.6 Å². The van der Waals surface area contributed by atoms with E-state index in [4.69, 9.17) is 9.47 Å². The van der Waals surface area contributed by atoms with Gasteiger partial charge in [0, 0.05) is 0 Å². The van der Waals surface area contributed by atoms with E-state index in [2.05, 4.69) is 14.2 Å². The van der Waals surface area contributed by atoms with Crippen LogP contribution in [0.15, 0.2) is 6.07 Å². The summed E-state index contributed by atoms with van der Waals surface area (Å²) in [6.07, 6.45) is 0. The van der Waals surface area contributed by atoms with E-state index in [1.165, 1.54) is 20.3 Å². The SMILES string of the molecule is COc1cc(OC)nc(COS(=O)[O-])n1. The lowest BCUT2D eigenvalue weighted by Gasteiger charge is -2.07. The van der Waals surface area contributed by atoms with Gasteiger partial charge in [-0.25, -0.2) is 4.21 Å². The van der Waals surface area contributed by atoms with Gasteiger partial charge in [-0.2, -0.15) is 9.97 Å². The van der Waals surface area contributed by atoms with E-state index in [-0.39, 0.29) is 24.2 Å². The highest BCUT2D eigenvalue weighted by Gasteiger charge is 2.05. The number of rotatable bonds is 5. The Morgan fingerprint density at radius 2 is 1.87 bits per heavy atom. The number of nitrogens with zero attached hydrogens (tertiary/aromatic N) is 2. The van der Waals surface area contributed by atoms with Gasteiger partial charge in [0.2, 0.25) is 11.8 Å². The summed E-state index contributed by atoms with van der Waals surface area (Å²) in [5, 5.41) is 0. The maximum Gasteiger partial charge on any atom is 0.220 e. The molecule has 1 rings (SSSR count). The third-order valence-electron chi connectivity index (χ3n) is 1.43. The topological polar surface area (TPSA) is 93.6 Å². The highest BCUT2D eigenvalue weighted by molar-refractivity contribution is 7.74. The van der Waals surface area contributed by atoms with E-state index in [0.29, 0.717) is 0 Å². The van der Waals surface area contributed by atoms with Crippen LogP contribution in [0.25, 0.3) is 0 Å². The van der Waals surface area contributed by atoms with Crippen LogP contribution in [0.3, 0.4) is 0 Å². The van der Waals surface area contributed by atoms with E-state index in [1.54, 1.807) is 0 Å². The molecule has 0 bridgehead atoms. The first-order valence-electron chi connectivity index (χ1n) is 3.84. The summed E-state index contributed by atoms with van der Waals surface area (Å²) in [4.78, 5) is 7.72. The van der Waals surface area contributed by atoms with Crippen molar-refractivity contribution >= 4 is 11.4 Å². The van der Waals surface area contributed by atoms with Crippen molar-refractivity contribution in [3.63, 3.8) is 0 Å². The van der Waals surface area contributed by atoms with Crippen molar-refractivity contribution in [1.29, 1.82) is 0 Å². The summed E-state index contributed by atoms with van der Waals surface area (Å²) in [6.45, 7) is -0.260. The lowest BCUT2D eigenvalue weighted by Crippen LogP contribution is -2.04. The maximum atomic E-state index is 10.1. The van der Waals surface area contributed by atoms with Gasteiger partial charge < -0.3 is 14.0 Å². The Hall–Kier alpha value is -1.25. The number of hydrogen-bond donors (Lipinski definition) is 0. The fourth-order valence-corrected chi connectivity index (χ4v) is 1.03. The van der Waals surface area contributed by atoms with Crippen LogP contribution in [0, 0.1) is 0 Å². The third kappa shape index (κ3) is 3.78. The fourth-order valence-electron chi connectivity index (χ4n) is 0.824. The predicted octanol–water partition coefficient (Wildman–Crippen LogP) is -0.196. The Kier molecular flexibility index (Phi) is 4.40. The summed E-state index contributed by atoms with van der Waals surface area (Å²) < 4.78 is 34.3. The van der Waals surface area contributed by atoms with E-state index < -0.39 is 11.4 Å². The van der Waals surface area contributed by atoms with Crippen molar-refractivity contribution in [2.45, 2.75) is 6.61 Å². The molecule has 0 fully saturated rings. The van der Waals surface area contributed by atoms with Crippen LogP contribution in [0.2, 0.25) is 0 Å². The molecule has 0 saturated heterocycles. The summed E-state index contributed by atoms with van der Waals surface area (Å²) in [5.74, 6) is 0.713. The molecule has 0 aromatic carbocycles. The maximum absolute atomic E-state index is 10.1. The fraction of sp³-hybridized carbons (Fsp3) is 0.429. The molecule has 7 nitrogen and oxygen atoms in total. The highest BCUT2D eigenvalue weighted by atomic mass is 32.2. The van der Waals surface area contributed by atoms with Crippen molar-refractivity contribution in [2.24, 2.45) is 0 Å². The first kappa shape index (κ1) is 11.8. The molecule has 1 unspecified atom stereocenters. The average Bonchev–Trinajstić information content (AvgIpc) is 2.25. The number of aromatic nitrogens is 2. The molecule has 0 aliphatic heterocycles. The lowest BCUT2D eigenvalue weighted by molar-refractivity contribution is 0.276. The van der Waals surface area contributed by atoms with E-state index in [1.807, 2.05) is 0 Å². The van der Waals surface area contributed by atoms with Gasteiger partial charge in [-0.15, -0.1) is 0 Å². The Labute approximate surface area is 88.9 Å². The monoisotopic (exact) mass is 233 g/mol. The molecule has 0 amide bonds. The first-order chi connectivity index (χ1) is 7.15. The van der Waals surface area contributed by atoms with Crippen molar-refractivity contribution in [3.05, 3.63) is 11.9 Å². The summed E-state index contributed by atoms with van der Waals surface area (Å²) >= 11 is -2.59. The van der Waals surface area contributed by atoms with Crippen LogP contribution >= 0.6 is 0 Å². The van der Waals surface area contributed by atoms with E-state index in [9.17, 15) is 8.76 Å². The number of ether oxygens (including phenoxy) is 2. The molecule has 1 atom stereocenters. The van der Waals surface area contributed by atoms with Crippen LogP contribution in [-0.2, 0) is 22.2 Å². The molecule has 0 saturated carbocycles. The molecule has 0 spiro atoms. The zero-order valence-electron chi connectivity index (χ0n) is 8.13. The van der Waals surface area contributed by atoms with Gasteiger partial charge in [-0.05, 0) is 0 Å². The smallest absolute Gasteiger partial charge is 0.220 e. The number of methoxy groups -OCH3 is 2. The molecule has 8 heteroatoms. The van der Waals surface area contributed by atoms with Crippen LogP contribution < -0.4 is 9.47 Å². The van der Waals surface area contributed by atoms with Crippen LogP contribution in [-0.4, -0.2) is 32.9 Å². The van der Waals surface area contributed by atoms with Crippen molar-refractivity contribution in [3.8, 4) is 11.8 Å². The summed E-state index contributed by atoms with van der Waals surface area (Å²) in [6, 6.07) is 1.47. The first-order valence-corrected chi connectivity index (χ1v) is 4.84. The Morgan fingerprint density at radius 1 is 1.33 bits per heavy atom. The molecule has 0 radical (unpaired) electrons. The molecule has 0 aliphatic carbocycles. The van der Waals surface area contributed by atoms with Gasteiger partial charge in [0.25, 0.3) is 0 Å². The Bertz CT molecular complexity index is 337. The normalized spacial score (nSPS) is 12.2. The summed E-state index contributed by atoms with van der Waals surface area (Å²) in [5.41, 5.74) is 0. The van der Waals surface area contributed by atoms with Crippen LogP contribution in [0.5, 0.6) is 11.8 Å². The third-order valence-corrected chi connectivity index (χ3v) is 1.74. The molecule has 15 heavy (non-hydrogen) atoms. The minimum atomic E-state index is -2.59. The van der Waals surface area contributed by atoms with Crippen LogP contribution in [0.1, 0.15) is 5.82 Å². The molecular formula is C7H9N2O5S-. The van der Waals surface area contributed by atoms with Crippen molar-refractivity contribution in [1.82, 2.24) is 9.97 Å². The quantitative estimate of drug-likeness (QED) is 0.650. The zero-order valence-corrected chi connectivity index (χ0v) is 8.94. The minimum absolute atomic E-state index is 0.162. The molecule has 84 valence electrons. The average molecular weight is 233 g/mol. The lowest BCUT2D eigenvalue weighted by atomic mass is 10.5. The van der Waals surface area contributed by atoms with E-state index >= 15 is 0 Å². The van der Waals surface area contributed by atoms with Crippen LogP contribution in [0.4, 0.5) is 0 Å². The highest BCUT2D eigenvalue weighted by Crippen LogP contribution is 2.15. The van der Waals surface area contributed by atoms with Crippen molar-refractivity contribution < 1.29 is 22.4 Å². The predicted molar refractivity (Wildman–Crippen MR) is 48.8 cm³/mol. The molecule has 1 aromatic heterocycles. The van der Waals surface area contributed by atoms with Gasteiger partial charge in [0.1, 0.15) is 6.61 Å². The second kappa shape index (κ2) is 5.59. The van der Waals surface area contributed by atoms with Crippen molar-refractivity contribution in [2.75, 3.05) is 14.2 Å². The zero-order chi connectivity index (χ0) is 11.3. The standard InChI is InChI=1S/C7H10N2O5S/c1-12-6-3-7(13-2)9-5(8-6)4-14-15(10)11/h3H,4H2,1-2H3,(H,10,11)/p-1. The second-order valence-electron chi connectivity index (χ2n) is 2.34. The Morgan fingerprint density at radius 3 is 2.27 bits per heavy atom. The Balaban J connectivity index is 2.81.